The van der Waals surface area contributed by atoms with Crippen LogP contribution in [0, 0.1) is 6.92 Å². The molecule has 2 rings (SSSR count). The van der Waals surface area contributed by atoms with Crippen LogP contribution >= 0.6 is 23.6 Å². The zero-order valence-electron chi connectivity index (χ0n) is 8.60. The van der Waals surface area contributed by atoms with E-state index in [1.54, 1.807) is 0 Å². The number of aryl methyl sites for hydroxylation is 1. The second-order valence-corrected chi connectivity index (χ2v) is 4.83. The molecule has 0 aliphatic rings. The maximum atomic E-state index is 9.34. The Hall–Kier alpha value is -1.46. The summed E-state index contributed by atoms with van der Waals surface area (Å²) in [5.41, 5.74) is 0.935. The fourth-order valence-electron chi connectivity index (χ4n) is 1.20. The normalized spacial score (nSPS) is 10.1. The molecule has 1 heterocycles. The lowest BCUT2D eigenvalue weighted by molar-refractivity contribution is 0.454. The summed E-state index contributed by atoms with van der Waals surface area (Å²) in [6, 6.07) is 9.64. The molecule has 16 heavy (non-hydrogen) atoms. The molecule has 3 nitrogen and oxygen atoms in total. The topological polar surface area (TPSA) is 45.2 Å². The zero-order chi connectivity index (χ0) is 11.5. The van der Waals surface area contributed by atoms with Crippen molar-refractivity contribution >= 4 is 33.7 Å². The van der Waals surface area contributed by atoms with Gasteiger partial charge in [0.15, 0.2) is 5.13 Å². The third-order valence-corrected chi connectivity index (χ3v) is 3.24. The Morgan fingerprint density at radius 2 is 2.06 bits per heavy atom. The van der Waals surface area contributed by atoms with Gasteiger partial charge in [-0.15, -0.1) is 0 Å². The smallest absolute Gasteiger partial charge is 0.226 e. The zero-order valence-corrected chi connectivity index (χ0v) is 10.2. The van der Waals surface area contributed by atoms with Gasteiger partial charge in [0.1, 0.15) is 4.99 Å². The Balaban J connectivity index is 2.14. The number of thiocarbonyl (C=S) groups is 1. The van der Waals surface area contributed by atoms with Crippen molar-refractivity contribution in [3.05, 3.63) is 40.8 Å². The summed E-state index contributed by atoms with van der Waals surface area (Å²) < 4.78 is 0. The van der Waals surface area contributed by atoms with Crippen LogP contribution in [0.2, 0.25) is 0 Å². The van der Waals surface area contributed by atoms with E-state index in [1.807, 2.05) is 37.3 Å². The van der Waals surface area contributed by atoms with Gasteiger partial charge in [-0.3, -0.25) is 0 Å². The fraction of sp³-hybridized carbons (Fsp3) is 0.0909. The number of hydrogen-bond donors (Lipinski definition) is 2. The van der Waals surface area contributed by atoms with Crippen LogP contribution in [0.4, 0.5) is 5.13 Å². The van der Waals surface area contributed by atoms with Crippen LogP contribution < -0.4 is 5.32 Å². The van der Waals surface area contributed by atoms with Crippen molar-refractivity contribution in [1.82, 2.24) is 4.98 Å². The first kappa shape index (κ1) is 11.0. The number of aromatic nitrogens is 1. The van der Waals surface area contributed by atoms with Gasteiger partial charge in [-0.2, -0.15) is 4.98 Å². The van der Waals surface area contributed by atoms with Gasteiger partial charge >= 0.3 is 0 Å². The van der Waals surface area contributed by atoms with Crippen LogP contribution in [0.15, 0.2) is 30.3 Å². The molecule has 0 aliphatic heterocycles. The van der Waals surface area contributed by atoms with Crippen molar-refractivity contribution in [1.29, 1.82) is 0 Å². The Labute approximate surface area is 103 Å². The summed E-state index contributed by atoms with van der Waals surface area (Å²) in [5, 5.41) is 13.0. The molecule has 2 aromatic rings. The van der Waals surface area contributed by atoms with Gasteiger partial charge in [-0.25, -0.2) is 0 Å². The monoisotopic (exact) mass is 250 g/mol. The minimum absolute atomic E-state index is 0.0587. The predicted molar refractivity (Wildman–Crippen MR) is 70.3 cm³/mol. The van der Waals surface area contributed by atoms with E-state index in [2.05, 4.69) is 10.3 Å². The summed E-state index contributed by atoms with van der Waals surface area (Å²) in [6.45, 7) is 1.81. The Bertz CT molecular complexity index is 488. The third kappa shape index (κ3) is 2.37. The maximum Gasteiger partial charge on any atom is 0.226 e. The second-order valence-electron chi connectivity index (χ2n) is 3.22. The first-order valence-electron chi connectivity index (χ1n) is 4.69. The Kier molecular flexibility index (Phi) is 3.17. The van der Waals surface area contributed by atoms with Crippen molar-refractivity contribution in [2.24, 2.45) is 0 Å². The van der Waals surface area contributed by atoms with Gasteiger partial charge in [0, 0.05) is 5.56 Å². The highest BCUT2D eigenvalue weighted by Crippen LogP contribution is 2.26. The molecule has 2 N–H and O–H groups in total. The highest BCUT2D eigenvalue weighted by atomic mass is 32.1. The molecule has 82 valence electrons. The van der Waals surface area contributed by atoms with E-state index >= 15 is 0 Å². The molecule has 0 aliphatic carbocycles. The number of aromatic hydroxyl groups is 1. The molecular formula is C11H10N2OS2. The molecule has 0 atom stereocenters. The minimum atomic E-state index is 0.0587. The highest BCUT2D eigenvalue weighted by Gasteiger charge is 2.07. The van der Waals surface area contributed by atoms with Gasteiger partial charge in [0.05, 0.1) is 4.88 Å². The van der Waals surface area contributed by atoms with E-state index in [0.717, 1.165) is 10.4 Å². The summed E-state index contributed by atoms with van der Waals surface area (Å²) in [4.78, 5) is 5.33. The van der Waals surface area contributed by atoms with Gasteiger partial charge in [-0.05, 0) is 6.92 Å². The fourth-order valence-corrected chi connectivity index (χ4v) is 2.21. The molecule has 1 aromatic heterocycles. The number of benzene rings is 1. The summed E-state index contributed by atoms with van der Waals surface area (Å²) in [6.07, 6.45) is 0. The lowest BCUT2D eigenvalue weighted by Crippen LogP contribution is -2.09. The van der Waals surface area contributed by atoms with Crippen molar-refractivity contribution in [2.75, 3.05) is 5.32 Å². The van der Waals surface area contributed by atoms with E-state index in [9.17, 15) is 5.11 Å². The molecule has 0 saturated carbocycles. The molecule has 0 spiro atoms. The van der Waals surface area contributed by atoms with E-state index in [4.69, 9.17) is 12.2 Å². The summed E-state index contributed by atoms with van der Waals surface area (Å²) in [7, 11) is 0. The van der Waals surface area contributed by atoms with Crippen LogP contribution in [0.1, 0.15) is 10.4 Å². The van der Waals surface area contributed by atoms with Crippen LogP contribution in [-0.2, 0) is 0 Å². The van der Waals surface area contributed by atoms with Crippen molar-refractivity contribution in [3.8, 4) is 5.88 Å². The third-order valence-electron chi connectivity index (χ3n) is 2.03. The minimum Gasteiger partial charge on any atom is -0.492 e. The summed E-state index contributed by atoms with van der Waals surface area (Å²) >= 11 is 6.61. The number of anilines is 1. The molecule has 0 radical (unpaired) electrons. The molecule has 0 amide bonds. The largest absolute Gasteiger partial charge is 0.492 e. The Morgan fingerprint density at radius 3 is 2.62 bits per heavy atom. The lowest BCUT2D eigenvalue weighted by atomic mass is 10.2. The van der Waals surface area contributed by atoms with E-state index < -0.39 is 0 Å². The van der Waals surface area contributed by atoms with Crippen molar-refractivity contribution in [3.63, 3.8) is 0 Å². The molecule has 0 saturated heterocycles. The van der Waals surface area contributed by atoms with Crippen molar-refractivity contribution < 1.29 is 5.11 Å². The molecule has 0 unspecified atom stereocenters. The molecule has 5 heteroatoms. The second kappa shape index (κ2) is 4.59. The highest BCUT2D eigenvalue weighted by molar-refractivity contribution is 7.81. The molecule has 1 aromatic carbocycles. The first-order chi connectivity index (χ1) is 7.66. The van der Waals surface area contributed by atoms with Crippen molar-refractivity contribution in [2.45, 2.75) is 6.92 Å². The lowest BCUT2D eigenvalue weighted by Gasteiger charge is -2.03. The quantitative estimate of drug-likeness (QED) is 0.804. The van der Waals surface area contributed by atoms with Crippen LogP contribution in [0.3, 0.4) is 0 Å². The Morgan fingerprint density at radius 1 is 1.38 bits per heavy atom. The number of rotatable bonds is 2. The molecule has 0 bridgehead atoms. The average molecular weight is 250 g/mol. The maximum absolute atomic E-state index is 9.34. The van der Waals surface area contributed by atoms with Gasteiger partial charge in [0.2, 0.25) is 5.88 Å². The SMILES string of the molecule is Cc1sc(NC(=S)c2ccccc2)nc1O. The standard InChI is InChI=1S/C11H10N2OS2/c1-7-9(14)12-11(16-7)13-10(15)8-5-3-2-4-6-8/h2-6,14H,1H3,(H,12,13,15). The van der Waals surface area contributed by atoms with Crippen LogP contribution in [0.5, 0.6) is 5.88 Å². The van der Waals surface area contributed by atoms with E-state index in [0.29, 0.717) is 10.1 Å². The van der Waals surface area contributed by atoms with E-state index in [1.165, 1.54) is 11.3 Å². The number of nitrogens with one attached hydrogen (secondary N) is 1. The number of hydrogen-bond acceptors (Lipinski definition) is 4. The predicted octanol–water partition coefficient (Wildman–Crippen LogP) is 2.94. The van der Waals surface area contributed by atoms with Gasteiger partial charge < -0.3 is 10.4 Å². The average Bonchev–Trinajstić information content (AvgIpc) is 2.59. The molecular weight excluding hydrogens is 240 g/mol. The van der Waals surface area contributed by atoms with E-state index in [-0.39, 0.29) is 5.88 Å². The first-order valence-corrected chi connectivity index (χ1v) is 5.92. The number of thiazole rings is 1. The molecule has 0 fully saturated rings. The summed E-state index contributed by atoms with van der Waals surface area (Å²) in [5.74, 6) is 0.0587. The van der Waals surface area contributed by atoms with Gasteiger partial charge in [-0.1, -0.05) is 53.9 Å². The van der Waals surface area contributed by atoms with Crippen LogP contribution in [0.25, 0.3) is 0 Å². The number of nitrogens with zero attached hydrogens (tertiary/aromatic N) is 1. The van der Waals surface area contributed by atoms with Gasteiger partial charge in [0.25, 0.3) is 0 Å². The van der Waals surface area contributed by atoms with Crippen LogP contribution in [-0.4, -0.2) is 15.1 Å².